The predicted molar refractivity (Wildman–Crippen MR) is 154 cm³/mol. The van der Waals surface area contributed by atoms with E-state index < -0.39 is 15.9 Å². The van der Waals surface area contributed by atoms with Crippen molar-refractivity contribution in [1.82, 2.24) is 10.6 Å². The van der Waals surface area contributed by atoms with Crippen molar-refractivity contribution in [1.29, 1.82) is 0 Å². The molecule has 0 aliphatic heterocycles. The molecule has 10 heteroatoms. The van der Waals surface area contributed by atoms with E-state index in [1.807, 2.05) is 86.6 Å². The maximum Gasteiger partial charge on any atom is 0.245 e. The van der Waals surface area contributed by atoms with Gasteiger partial charge in [0.25, 0.3) is 0 Å². The Kier molecular flexibility index (Phi) is 9.84. The largest absolute Gasteiger partial charge is 0.339 e. The third-order valence-electron chi connectivity index (χ3n) is 4.96. The van der Waals surface area contributed by atoms with Crippen molar-refractivity contribution in [3.8, 4) is 0 Å². The molecule has 0 aliphatic rings. The van der Waals surface area contributed by atoms with Crippen LogP contribution in [0.1, 0.15) is 16.7 Å². The average Bonchev–Trinajstić information content (AvgIpc) is 2.83. The molecule has 0 saturated heterocycles. The summed E-state index contributed by atoms with van der Waals surface area (Å²) in [6, 6.07) is 22.6. The van der Waals surface area contributed by atoms with Gasteiger partial charge in [-0.25, -0.2) is 0 Å². The summed E-state index contributed by atoms with van der Waals surface area (Å²) in [5.74, 6) is -0.454. The Balaban J connectivity index is 1.62. The Bertz CT molecular complexity index is 1280. The molecule has 6 nitrogen and oxygen atoms in total. The number of anilines is 1. The fraction of sp³-hybridized carbons (Fsp3) is 0.154. The maximum atomic E-state index is 12.4. The second-order valence-electron chi connectivity index (χ2n) is 7.81. The van der Waals surface area contributed by atoms with Crippen molar-refractivity contribution in [2.45, 2.75) is 23.8 Å². The van der Waals surface area contributed by atoms with Crippen molar-refractivity contribution in [3.05, 3.63) is 95.6 Å². The smallest absolute Gasteiger partial charge is 0.245 e. The minimum atomic E-state index is -1.86. The third kappa shape index (κ3) is 8.60. The second-order valence-corrected chi connectivity index (χ2v) is 10.6. The molecule has 0 radical (unpaired) electrons. The number of nitrogens with one attached hydrogen (secondary N) is 3. The number of thiocarbonyl (C=S) groups is 1. The maximum absolute atomic E-state index is 12.4. The first-order valence-corrected chi connectivity index (χ1v) is 12.4. The molecule has 0 bridgehead atoms. The zero-order chi connectivity index (χ0) is 26.1. The van der Waals surface area contributed by atoms with E-state index in [0.717, 1.165) is 28.1 Å². The van der Waals surface area contributed by atoms with Crippen LogP contribution in [0.25, 0.3) is 6.08 Å². The highest BCUT2D eigenvalue weighted by Crippen LogP contribution is 2.29. The number of carbonyl (C=O) groups is 1. The first-order valence-electron chi connectivity index (χ1n) is 10.9. The summed E-state index contributed by atoms with van der Waals surface area (Å²) >= 11 is 23.6. The molecule has 0 aromatic heterocycles. The Hall–Kier alpha value is -2.97. The first kappa shape index (κ1) is 27.6. The standard InChI is InChI=1S/C26H24Cl3N5OS/c1-17-8-6-7-11-22(17)34-33-20-13-14-21(18(2)16-20)30-25(36)32-24(26(27,28)29)31-23(35)15-12-19-9-4-3-5-10-19/h3-16,24H,1-2H3,(H,31,35)(H2,30,32,36)/b15-12+,34-33?/t24-/m1/s1. The number of hydrogen-bond acceptors (Lipinski definition) is 4. The van der Waals surface area contributed by atoms with Gasteiger partial charge in [-0.15, -0.1) is 0 Å². The van der Waals surface area contributed by atoms with Crippen molar-refractivity contribution in [2.75, 3.05) is 5.32 Å². The van der Waals surface area contributed by atoms with E-state index in [0.29, 0.717) is 5.69 Å². The van der Waals surface area contributed by atoms with Gasteiger partial charge in [0, 0.05) is 11.8 Å². The fourth-order valence-corrected chi connectivity index (χ4v) is 3.61. The summed E-state index contributed by atoms with van der Waals surface area (Å²) in [5, 5.41) is 17.3. The van der Waals surface area contributed by atoms with Crippen LogP contribution in [-0.4, -0.2) is 21.0 Å². The van der Waals surface area contributed by atoms with E-state index in [4.69, 9.17) is 47.0 Å². The summed E-state index contributed by atoms with van der Waals surface area (Å²) in [4.78, 5) is 12.4. The highest BCUT2D eigenvalue weighted by Gasteiger charge is 2.34. The summed E-state index contributed by atoms with van der Waals surface area (Å²) in [6.07, 6.45) is 1.92. The van der Waals surface area contributed by atoms with Crippen LogP contribution < -0.4 is 16.0 Å². The fourth-order valence-electron chi connectivity index (χ4n) is 3.05. The van der Waals surface area contributed by atoms with Gasteiger partial charge in [-0.05, 0) is 73.1 Å². The van der Waals surface area contributed by atoms with Crippen LogP contribution in [0.2, 0.25) is 0 Å². The van der Waals surface area contributed by atoms with Crippen molar-refractivity contribution >= 4 is 81.2 Å². The van der Waals surface area contributed by atoms with Crippen LogP contribution in [0.5, 0.6) is 0 Å². The van der Waals surface area contributed by atoms with Crippen molar-refractivity contribution < 1.29 is 4.79 Å². The van der Waals surface area contributed by atoms with Crippen molar-refractivity contribution in [2.24, 2.45) is 10.2 Å². The SMILES string of the molecule is Cc1ccccc1N=Nc1ccc(NC(=S)N[C@@H](NC(=O)/C=C/c2ccccc2)C(Cl)(Cl)Cl)c(C)c1. The number of benzene rings is 3. The second kappa shape index (κ2) is 12.8. The molecule has 3 N–H and O–H groups in total. The number of halogens is 3. The van der Waals surface area contributed by atoms with E-state index in [9.17, 15) is 4.79 Å². The molecular weight excluding hydrogens is 537 g/mol. The molecule has 3 rings (SSSR count). The normalized spacial score (nSPS) is 12.5. The van der Waals surface area contributed by atoms with E-state index >= 15 is 0 Å². The quantitative estimate of drug-likeness (QED) is 0.0917. The van der Waals surface area contributed by atoms with E-state index in [2.05, 4.69) is 26.2 Å². The van der Waals surface area contributed by atoms with Gasteiger partial charge in [0.15, 0.2) is 5.11 Å². The number of alkyl halides is 3. The number of aryl methyl sites for hydroxylation is 2. The van der Waals surface area contributed by atoms with Crippen LogP contribution in [0.15, 0.2) is 89.1 Å². The summed E-state index contributed by atoms with van der Waals surface area (Å²) in [6.45, 7) is 3.88. The van der Waals surface area contributed by atoms with Crippen LogP contribution >= 0.6 is 47.0 Å². The number of rotatable bonds is 7. The van der Waals surface area contributed by atoms with Gasteiger partial charge in [0.1, 0.15) is 6.17 Å². The van der Waals surface area contributed by atoms with Crippen LogP contribution in [0, 0.1) is 13.8 Å². The molecule has 0 aliphatic carbocycles. The zero-order valence-corrected chi connectivity index (χ0v) is 22.6. The Labute approximate surface area is 230 Å². The minimum absolute atomic E-state index is 0.163. The molecular formula is C26H24Cl3N5OS. The summed E-state index contributed by atoms with van der Waals surface area (Å²) in [5.41, 5.74) is 5.00. The van der Waals surface area contributed by atoms with Gasteiger partial charge in [0.2, 0.25) is 9.70 Å². The third-order valence-corrected chi connectivity index (χ3v) is 5.84. The number of amides is 1. The Morgan fingerprint density at radius 3 is 2.28 bits per heavy atom. The van der Waals surface area contributed by atoms with Crippen LogP contribution in [0.3, 0.4) is 0 Å². The number of hydrogen-bond donors (Lipinski definition) is 3. The molecule has 0 fully saturated rings. The summed E-state index contributed by atoms with van der Waals surface area (Å²) < 4.78 is -1.86. The molecule has 0 spiro atoms. The molecule has 1 amide bonds. The lowest BCUT2D eigenvalue weighted by Crippen LogP contribution is -2.55. The topological polar surface area (TPSA) is 77.9 Å². The lowest BCUT2D eigenvalue weighted by atomic mass is 10.2. The molecule has 0 heterocycles. The first-order chi connectivity index (χ1) is 17.1. The number of carbonyl (C=O) groups excluding carboxylic acids is 1. The highest BCUT2D eigenvalue weighted by molar-refractivity contribution is 7.80. The van der Waals surface area contributed by atoms with Gasteiger partial charge in [-0.3, -0.25) is 4.79 Å². The number of azo groups is 1. The summed E-state index contributed by atoms with van der Waals surface area (Å²) in [7, 11) is 0. The molecule has 3 aromatic rings. The molecule has 0 unspecified atom stereocenters. The monoisotopic (exact) mass is 559 g/mol. The van der Waals surface area contributed by atoms with Gasteiger partial charge in [0.05, 0.1) is 11.4 Å². The Morgan fingerprint density at radius 2 is 1.61 bits per heavy atom. The Morgan fingerprint density at radius 1 is 0.917 bits per heavy atom. The zero-order valence-electron chi connectivity index (χ0n) is 19.5. The van der Waals surface area contributed by atoms with Crippen LogP contribution in [0.4, 0.5) is 17.1 Å². The number of nitrogens with zero attached hydrogens (tertiary/aromatic N) is 2. The van der Waals surface area contributed by atoms with Gasteiger partial charge in [-0.1, -0.05) is 83.3 Å². The molecule has 1 atom stereocenters. The van der Waals surface area contributed by atoms with E-state index in [1.165, 1.54) is 6.08 Å². The van der Waals surface area contributed by atoms with E-state index in [1.54, 1.807) is 6.08 Å². The van der Waals surface area contributed by atoms with Gasteiger partial charge in [-0.2, -0.15) is 10.2 Å². The van der Waals surface area contributed by atoms with Crippen molar-refractivity contribution in [3.63, 3.8) is 0 Å². The van der Waals surface area contributed by atoms with Gasteiger partial charge >= 0.3 is 0 Å². The minimum Gasteiger partial charge on any atom is -0.339 e. The lowest BCUT2D eigenvalue weighted by Gasteiger charge is -2.27. The molecule has 3 aromatic carbocycles. The molecule has 186 valence electrons. The lowest BCUT2D eigenvalue weighted by molar-refractivity contribution is -0.117. The highest BCUT2D eigenvalue weighted by atomic mass is 35.6. The average molecular weight is 561 g/mol. The van der Waals surface area contributed by atoms with E-state index in [-0.39, 0.29) is 5.11 Å². The predicted octanol–water partition coefficient (Wildman–Crippen LogP) is 7.53. The molecule has 0 saturated carbocycles. The molecule has 36 heavy (non-hydrogen) atoms. The van der Waals surface area contributed by atoms with Crippen LogP contribution in [-0.2, 0) is 4.79 Å². The van der Waals surface area contributed by atoms with Gasteiger partial charge < -0.3 is 16.0 Å².